The van der Waals surface area contributed by atoms with Crippen LogP contribution in [0, 0.1) is 0 Å². The summed E-state index contributed by atoms with van der Waals surface area (Å²) in [5.74, 6) is 0. The van der Waals surface area contributed by atoms with Crippen molar-refractivity contribution in [3.63, 3.8) is 0 Å². The average Bonchev–Trinajstić information content (AvgIpc) is 2.16. The van der Waals surface area contributed by atoms with Crippen molar-refractivity contribution < 1.29 is 4.74 Å². The molecular formula is C11H16N2O. The molecule has 0 aromatic carbocycles. The highest BCUT2D eigenvalue weighted by Gasteiger charge is 2.17. The second-order valence-electron chi connectivity index (χ2n) is 3.58. The lowest BCUT2D eigenvalue weighted by Gasteiger charge is -2.27. The molecule has 76 valence electrons. The third-order valence-corrected chi connectivity index (χ3v) is 2.56. The molecule has 0 radical (unpaired) electrons. The summed E-state index contributed by atoms with van der Waals surface area (Å²) in [6.45, 7) is 4.70. The van der Waals surface area contributed by atoms with Crippen LogP contribution in [0.25, 0.3) is 0 Å². The molecule has 0 amide bonds. The van der Waals surface area contributed by atoms with Gasteiger partial charge < -0.3 is 10.1 Å². The first-order valence-electron chi connectivity index (χ1n) is 5.14. The Kier molecular flexibility index (Phi) is 3.11. The Labute approximate surface area is 84.5 Å². The van der Waals surface area contributed by atoms with Gasteiger partial charge in [0.15, 0.2) is 0 Å². The van der Waals surface area contributed by atoms with Gasteiger partial charge in [0.05, 0.1) is 24.9 Å². The van der Waals surface area contributed by atoms with Crippen molar-refractivity contribution >= 4 is 0 Å². The van der Waals surface area contributed by atoms with Crippen molar-refractivity contribution in [3.05, 3.63) is 29.6 Å². The third-order valence-electron chi connectivity index (χ3n) is 2.56. The van der Waals surface area contributed by atoms with Crippen molar-refractivity contribution in [2.75, 3.05) is 13.2 Å². The Bertz CT molecular complexity index is 297. The average molecular weight is 192 g/mol. The van der Waals surface area contributed by atoms with Gasteiger partial charge >= 0.3 is 0 Å². The van der Waals surface area contributed by atoms with Crippen molar-refractivity contribution in [1.29, 1.82) is 0 Å². The molecular weight excluding hydrogens is 176 g/mol. The number of nitrogens with zero attached hydrogens (tertiary/aromatic N) is 1. The molecule has 3 nitrogen and oxygen atoms in total. The number of ether oxygens (including phenoxy) is 1. The van der Waals surface area contributed by atoms with Gasteiger partial charge in [-0.3, -0.25) is 4.98 Å². The first-order valence-corrected chi connectivity index (χ1v) is 5.14. The maximum atomic E-state index is 5.10. The highest BCUT2D eigenvalue weighted by molar-refractivity contribution is 5.19. The molecule has 3 heteroatoms. The molecule has 1 N–H and O–H groups in total. The lowest BCUT2D eigenvalue weighted by atomic mass is 10.1. The van der Waals surface area contributed by atoms with E-state index >= 15 is 0 Å². The summed E-state index contributed by atoms with van der Waals surface area (Å²) >= 11 is 0. The van der Waals surface area contributed by atoms with Crippen LogP contribution in [-0.4, -0.2) is 24.2 Å². The topological polar surface area (TPSA) is 34.2 Å². The van der Waals surface area contributed by atoms with Gasteiger partial charge in [-0.2, -0.15) is 0 Å². The van der Waals surface area contributed by atoms with Crippen LogP contribution in [0.2, 0.25) is 0 Å². The van der Waals surface area contributed by atoms with Gasteiger partial charge in [0.2, 0.25) is 0 Å². The molecule has 0 atom stereocenters. The van der Waals surface area contributed by atoms with Crippen molar-refractivity contribution in [1.82, 2.24) is 10.3 Å². The number of hydrogen-bond acceptors (Lipinski definition) is 3. The minimum Gasteiger partial charge on any atom is -0.378 e. The molecule has 0 saturated carbocycles. The predicted molar refractivity (Wildman–Crippen MR) is 55.1 cm³/mol. The van der Waals surface area contributed by atoms with Gasteiger partial charge in [0.25, 0.3) is 0 Å². The molecule has 1 aliphatic rings. The number of hydrogen-bond donors (Lipinski definition) is 1. The molecule has 1 saturated heterocycles. The Balaban J connectivity index is 1.93. The van der Waals surface area contributed by atoms with E-state index in [0.717, 1.165) is 26.2 Å². The van der Waals surface area contributed by atoms with E-state index in [9.17, 15) is 0 Å². The van der Waals surface area contributed by atoms with E-state index in [-0.39, 0.29) is 0 Å². The summed E-state index contributed by atoms with van der Waals surface area (Å²) in [5.41, 5.74) is 2.50. The number of pyridine rings is 1. The van der Waals surface area contributed by atoms with Gasteiger partial charge in [-0.05, 0) is 18.1 Å². The zero-order valence-electron chi connectivity index (χ0n) is 8.49. The van der Waals surface area contributed by atoms with Crippen LogP contribution >= 0.6 is 0 Å². The first-order chi connectivity index (χ1) is 6.90. The molecule has 1 aromatic rings. The van der Waals surface area contributed by atoms with Crippen LogP contribution in [-0.2, 0) is 17.7 Å². The van der Waals surface area contributed by atoms with Crippen LogP contribution in [0.3, 0.4) is 0 Å². The van der Waals surface area contributed by atoms with E-state index in [1.807, 2.05) is 12.3 Å². The third kappa shape index (κ3) is 2.11. The normalized spacial score (nSPS) is 16.6. The summed E-state index contributed by atoms with van der Waals surface area (Å²) in [6, 6.07) is 4.66. The van der Waals surface area contributed by atoms with Gasteiger partial charge in [-0.15, -0.1) is 0 Å². The standard InChI is InChI=1S/C11H16N2O/c1-2-9-4-3-5-12-11(9)6-13-10-7-14-8-10/h3-5,10,13H,2,6-8H2,1H3. The fraction of sp³-hybridized carbons (Fsp3) is 0.545. The smallest absolute Gasteiger partial charge is 0.0643 e. The van der Waals surface area contributed by atoms with Crippen LogP contribution in [0.5, 0.6) is 0 Å². The van der Waals surface area contributed by atoms with E-state index in [1.54, 1.807) is 0 Å². The Morgan fingerprint density at radius 3 is 3.07 bits per heavy atom. The number of nitrogens with one attached hydrogen (secondary N) is 1. The quantitative estimate of drug-likeness (QED) is 0.776. The zero-order valence-corrected chi connectivity index (χ0v) is 8.49. The molecule has 2 heterocycles. The van der Waals surface area contributed by atoms with Crippen LogP contribution in [0.15, 0.2) is 18.3 Å². The fourth-order valence-corrected chi connectivity index (χ4v) is 1.55. The molecule has 14 heavy (non-hydrogen) atoms. The molecule has 2 rings (SSSR count). The van der Waals surface area contributed by atoms with Crippen molar-refractivity contribution in [2.24, 2.45) is 0 Å². The highest BCUT2D eigenvalue weighted by atomic mass is 16.5. The predicted octanol–water partition coefficient (Wildman–Crippen LogP) is 1.13. The zero-order chi connectivity index (χ0) is 9.80. The van der Waals surface area contributed by atoms with Gasteiger partial charge in [-0.25, -0.2) is 0 Å². The largest absolute Gasteiger partial charge is 0.378 e. The number of aromatic nitrogens is 1. The molecule has 0 aliphatic carbocycles. The summed E-state index contributed by atoms with van der Waals surface area (Å²) in [6.07, 6.45) is 2.90. The highest BCUT2D eigenvalue weighted by Crippen LogP contribution is 2.07. The van der Waals surface area contributed by atoms with Gasteiger partial charge in [0, 0.05) is 12.7 Å². The Morgan fingerprint density at radius 1 is 1.57 bits per heavy atom. The fourth-order valence-electron chi connectivity index (χ4n) is 1.55. The van der Waals surface area contributed by atoms with Crippen molar-refractivity contribution in [3.8, 4) is 0 Å². The van der Waals surface area contributed by atoms with Crippen LogP contribution in [0.4, 0.5) is 0 Å². The number of rotatable bonds is 4. The monoisotopic (exact) mass is 192 g/mol. The molecule has 0 unspecified atom stereocenters. The summed E-state index contributed by atoms with van der Waals surface area (Å²) in [5, 5.41) is 3.42. The van der Waals surface area contributed by atoms with Gasteiger partial charge in [-0.1, -0.05) is 13.0 Å². The lowest BCUT2D eigenvalue weighted by molar-refractivity contribution is -0.00593. The second-order valence-corrected chi connectivity index (χ2v) is 3.58. The molecule has 1 aliphatic heterocycles. The van der Waals surface area contributed by atoms with Gasteiger partial charge in [0.1, 0.15) is 0 Å². The van der Waals surface area contributed by atoms with Crippen molar-refractivity contribution in [2.45, 2.75) is 25.9 Å². The number of aryl methyl sites for hydroxylation is 1. The second kappa shape index (κ2) is 4.53. The summed E-state index contributed by atoms with van der Waals surface area (Å²) in [7, 11) is 0. The van der Waals surface area contributed by atoms with E-state index in [4.69, 9.17) is 4.74 Å². The first kappa shape index (κ1) is 9.62. The molecule has 0 spiro atoms. The molecule has 1 aromatic heterocycles. The minimum absolute atomic E-state index is 0.529. The lowest BCUT2D eigenvalue weighted by Crippen LogP contribution is -2.45. The van der Waals surface area contributed by atoms with E-state index in [0.29, 0.717) is 6.04 Å². The van der Waals surface area contributed by atoms with Crippen LogP contribution in [0.1, 0.15) is 18.2 Å². The van der Waals surface area contributed by atoms with E-state index in [2.05, 4.69) is 23.3 Å². The Morgan fingerprint density at radius 2 is 2.43 bits per heavy atom. The van der Waals surface area contributed by atoms with Crippen LogP contribution < -0.4 is 5.32 Å². The maximum absolute atomic E-state index is 5.10. The molecule has 1 fully saturated rings. The summed E-state index contributed by atoms with van der Waals surface area (Å²) < 4.78 is 5.10. The van der Waals surface area contributed by atoms with E-state index in [1.165, 1.54) is 11.3 Å². The Hall–Kier alpha value is -0.930. The summed E-state index contributed by atoms with van der Waals surface area (Å²) in [4.78, 5) is 4.38. The minimum atomic E-state index is 0.529. The SMILES string of the molecule is CCc1cccnc1CNC1COC1. The molecule has 0 bridgehead atoms. The van der Waals surface area contributed by atoms with E-state index < -0.39 is 0 Å². The maximum Gasteiger partial charge on any atom is 0.0643 e.